The number of rotatable bonds is 7. The second-order valence-electron chi connectivity index (χ2n) is 7.02. The number of hydrogen-bond donors (Lipinski definition) is 2. The topological polar surface area (TPSA) is 39.7 Å². The normalized spacial score (nSPS) is 14.0. The third-order valence-electron chi connectivity index (χ3n) is 3.65. The highest BCUT2D eigenvalue weighted by Crippen LogP contribution is 2.14. The van der Waals surface area contributed by atoms with Crippen molar-refractivity contribution in [3.63, 3.8) is 0 Å². The van der Waals surface area contributed by atoms with Gasteiger partial charge in [-0.2, -0.15) is 0 Å². The van der Waals surface area contributed by atoms with Crippen LogP contribution in [0.2, 0.25) is 0 Å². The van der Waals surface area contributed by atoms with Crippen molar-refractivity contribution in [3.8, 4) is 0 Å². The Hall–Kier alpha value is -1.55. The van der Waals surface area contributed by atoms with Gasteiger partial charge in [0, 0.05) is 26.7 Å². The summed E-state index contributed by atoms with van der Waals surface area (Å²) in [6, 6.07) is 10.6. The lowest BCUT2D eigenvalue weighted by molar-refractivity contribution is 0.241. The van der Waals surface area contributed by atoms with Crippen molar-refractivity contribution in [1.82, 2.24) is 15.5 Å². The zero-order valence-corrected chi connectivity index (χ0v) is 15.0. The molecule has 1 aromatic rings. The summed E-state index contributed by atoms with van der Waals surface area (Å²) < 4.78 is 0. The molecule has 0 aliphatic rings. The Kier molecular flexibility index (Phi) is 7.39. The van der Waals surface area contributed by atoms with E-state index in [1.54, 1.807) is 0 Å². The number of hydrogen-bond acceptors (Lipinski definition) is 2. The van der Waals surface area contributed by atoms with Crippen LogP contribution in [-0.2, 0) is 0 Å². The van der Waals surface area contributed by atoms with Gasteiger partial charge in [-0.25, -0.2) is 0 Å². The Morgan fingerprint density at radius 3 is 2.36 bits per heavy atom. The standard InChI is InChI=1S/C18H32N4/c1-15(16-10-8-7-9-11-16)12-20-17(19-4)21-13-18(2,3)14-22(5)6/h7-11,15H,12-14H2,1-6H3,(H2,19,20,21). The molecule has 4 heteroatoms. The van der Waals surface area contributed by atoms with Gasteiger partial charge in [-0.3, -0.25) is 4.99 Å². The molecule has 22 heavy (non-hydrogen) atoms. The van der Waals surface area contributed by atoms with Crippen molar-refractivity contribution in [2.24, 2.45) is 10.4 Å². The summed E-state index contributed by atoms with van der Waals surface area (Å²) in [5.41, 5.74) is 1.55. The summed E-state index contributed by atoms with van der Waals surface area (Å²) >= 11 is 0. The van der Waals surface area contributed by atoms with Crippen LogP contribution in [-0.4, -0.2) is 51.6 Å². The largest absolute Gasteiger partial charge is 0.356 e. The van der Waals surface area contributed by atoms with Gasteiger partial charge in [0.05, 0.1) is 0 Å². The van der Waals surface area contributed by atoms with E-state index in [0.717, 1.165) is 25.6 Å². The van der Waals surface area contributed by atoms with E-state index in [-0.39, 0.29) is 5.41 Å². The number of guanidine groups is 1. The Morgan fingerprint density at radius 1 is 1.18 bits per heavy atom. The summed E-state index contributed by atoms with van der Waals surface area (Å²) in [6.45, 7) is 9.56. The van der Waals surface area contributed by atoms with E-state index in [1.807, 2.05) is 7.05 Å². The molecule has 0 spiro atoms. The third kappa shape index (κ3) is 6.94. The van der Waals surface area contributed by atoms with Gasteiger partial charge >= 0.3 is 0 Å². The molecule has 2 N–H and O–H groups in total. The quantitative estimate of drug-likeness (QED) is 0.601. The molecule has 1 rings (SSSR count). The molecule has 124 valence electrons. The van der Waals surface area contributed by atoms with E-state index < -0.39 is 0 Å². The van der Waals surface area contributed by atoms with E-state index in [0.29, 0.717) is 5.92 Å². The molecule has 0 amide bonds. The molecule has 1 aromatic carbocycles. The summed E-state index contributed by atoms with van der Waals surface area (Å²) in [6.07, 6.45) is 0. The number of nitrogens with one attached hydrogen (secondary N) is 2. The maximum Gasteiger partial charge on any atom is 0.191 e. The molecule has 4 nitrogen and oxygen atoms in total. The van der Waals surface area contributed by atoms with Crippen LogP contribution in [0.4, 0.5) is 0 Å². The number of benzene rings is 1. The van der Waals surface area contributed by atoms with E-state index >= 15 is 0 Å². The molecule has 0 aromatic heterocycles. The smallest absolute Gasteiger partial charge is 0.191 e. The van der Waals surface area contributed by atoms with Crippen molar-refractivity contribution in [1.29, 1.82) is 0 Å². The van der Waals surface area contributed by atoms with Gasteiger partial charge in [0.15, 0.2) is 5.96 Å². The van der Waals surface area contributed by atoms with Gasteiger partial charge in [-0.15, -0.1) is 0 Å². The highest BCUT2D eigenvalue weighted by molar-refractivity contribution is 5.79. The molecule has 0 fully saturated rings. The van der Waals surface area contributed by atoms with Crippen molar-refractivity contribution in [2.75, 3.05) is 40.8 Å². The molecular formula is C18H32N4. The van der Waals surface area contributed by atoms with Crippen LogP contribution in [0.25, 0.3) is 0 Å². The second kappa shape index (κ2) is 8.79. The fourth-order valence-corrected chi connectivity index (χ4v) is 2.60. The van der Waals surface area contributed by atoms with Gasteiger partial charge in [-0.05, 0) is 31.0 Å². The van der Waals surface area contributed by atoms with Crippen LogP contribution < -0.4 is 10.6 Å². The first-order valence-electron chi connectivity index (χ1n) is 7.98. The van der Waals surface area contributed by atoms with Gasteiger partial charge in [-0.1, -0.05) is 51.1 Å². The minimum absolute atomic E-state index is 0.201. The average molecular weight is 304 g/mol. The lowest BCUT2D eigenvalue weighted by Gasteiger charge is -2.29. The van der Waals surface area contributed by atoms with Gasteiger partial charge in [0.1, 0.15) is 0 Å². The molecule has 0 aliphatic carbocycles. The Balaban J connectivity index is 2.43. The van der Waals surface area contributed by atoms with Crippen LogP contribution in [0.3, 0.4) is 0 Å². The summed E-state index contributed by atoms with van der Waals surface area (Å²) in [7, 11) is 6.04. The molecule has 1 atom stereocenters. The molecule has 0 radical (unpaired) electrons. The first-order chi connectivity index (χ1) is 10.3. The monoisotopic (exact) mass is 304 g/mol. The summed E-state index contributed by atoms with van der Waals surface area (Å²) in [4.78, 5) is 6.53. The van der Waals surface area contributed by atoms with Crippen LogP contribution in [0, 0.1) is 5.41 Å². The minimum Gasteiger partial charge on any atom is -0.356 e. The Labute approximate surface area is 136 Å². The Bertz CT molecular complexity index is 451. The lowest BCUT2D eigenvalue weighted by Crippen LogP contribution is -2.45. The van der Waals surface area contributed by atoms with Crippen LogP contribution >= 0.6 is 0 Å². The fraction of sp³-hybridized carbons (Fsp3) is 0.611. The lowest BCUT2D eigenvalue weighted by atomic mass is 9.93. The Morgan fingerprint density at radius 2 is 1.82 bits per heavy atom. The molecule has 1 unspecified atom stereocenters. The van der Waals surface area contributed by atoms with E-state index in [1.165, 1.54) is 5.56 Å². The molecular weight excluding hydrogens is 272 g/mol. The van der Waals surface area contributed by atoms with Crippen LogP contribution in [0.15, 0.2) is 35.3 Å². The molecule has 0 bridgehead atoms. The minimum atomic E-state index is 0.201. The van der Waals surface area contributed by atoms with Gasteiger partial charge in [0.2, 0.25) is 0 Å². The molecule has 0 heterocycles. The van der Waals surface area contributed by atoms with Crippen molar-refractivity contribution in [2.45, 2.75) is 26.7 Å². The van der Waals surface area contributed by atoms with E-state index in [9.17, 15) is 0 Å². The van der Waals surface area contributed by atoms with E-state index in [2.05, 4.69) is 85.7 Å². The SMILES string of the molecule is CN=C(NCC(C)c1ccccc1)NCC(C)(C)CN(C)C. The summed E-state index contributed by atoms with van der Waals surface area (Å²) in [5.74, 6) is 1.32. The fourth-order valence-electron chi connectivity index (χ4n) is 2.60. The first kappa shape index (κ1) is 18.5. The zero-order chi connectivity index (χ0) is 16.6. The predicted molar refractivity (Wildman–Crippen MR) is 96.6 cm³/mol. The highest BCUT2D eigenvalue weighted by atomic mass is 15.2. The first-order valence-corrected chi connectivity index (χ1v) is 7.98. The second-order valence-corrected chi connectivity index (χ2v) is 7.02. The molecule has 0 aliphatic heterocycles. The maximum absolute atomic E-state index is 4.32. The highest BCUT2D eigenvalue weighted by Gasteiger charge is 2.19. The van der Waals surface area contributed by atoms with Crippen molar-refractivity contribution >= 4 is 5.96 Å². The van der Waals surface area contributed by atoms with Crippen molar-refractivity contribution < 1.29 is 0 Å². The average Bonchev–Trinajstić information content (AvgIpc) is 2.46. The van der Waals surface area contributed by atoms with Crippen LogP contribution in [0.1, 0.15) is 32.3 Å². The van der Waals surface area contributed by atoms with Crippen LogP contribution in [0.5, 0.6) is 0 Å². The van der Waals surface area contributed by atoms with E-state index in [4.69, 9.17) is 0 Å². The molecule has 0 saturated carbocycles. The van der Waals surface area contributed by atoms with Gasteiger partial charge in [0.25, 0.3) is 0 Å². The third-order valence-corrected chi connectivity index (χ3v) is 3.65. The molecule has 0 saturated heterocycles. The number of nitrogens with zero attached hydrogens (tertiary/aromatic N) is 2. The van der Waals surface area contributed by atoms with Gasteiger partial charge < -0.3 is 15.5 Å². The zero-order valence-electron chi connectivity index (χ0n) is 15.0. The summed E-state index contributed by atoms with van der Waals surface area (Å²) in [5, 5.41) is 6.85. The number of aliphatic imine (C=N–C) groups is 1. The predicted octanol–water partition coefficient (Wildman–Crippen LogP) is 2.54. The maximum atomic E-state index is 4.32. The van der Waals surface area contributed by atoms with Crippen molar-refractivity contribution in [3.05, 3.63) is 35.9 Å².